The van der Waals surface area contributed by atoms with Gasteiger partial charge in [-0.25, -0.2) is 9.78 Å². The van der Waals surface area contributed by atoms with Crippen LogP contribution in [0.15, 0.2) is 35.4 Å². The van der Waals surface area contributed by atoms with Crippen molar-refractivity contribution in [2.24, 2.45) is 5.92 Å². The molecule has 0 spiro atoms. The molecule has 150 valence electrons. The van der Waals surface area contributed by atoms with Gasteiger partial charge in [0.2, 0.25) is 5.91 Å². The second kappa shape index (κ2) is 7.79. The van der Waals surface area contributed by atoms with Gasteiger partial charge in [-0.2, -0.15) is 0 Å². The third-order valence-corrected chi connectivity index (χ3v) is 6.35. The highest BCUT2D eigenvalue weighted by molar-refractivity contribution is 7.18. The summed E-state index contributed by atoms with van der Waals surface area (Å²) in [7, 11) is 1.31. The molecule has 0 radical (unpaired) electrons. The molecule has 2 aromatic heterocycles. The van der Waals surface area contributed by atoms with Crippen molar-refractivity contribution in [1.82, 2.24) is 9.55 Å². The first-order valence-electron chi connectivity index (χ1n) is 9.44. The normalized spacial score (nSPS) is 15.7. The Hall–Kier alpha value is -3.00. The number of thiophene rings is 1. The van der Waals surface area contributed by atoms with Crippen molar-refractivity contribution in [2.45, 2.75) is 32.7 Å². The lowest BCUT2D eigenvalue weighted by Gasteiger charge is -2.17. The van der Waals surface area contributed by atoms with E-state index in [0.717, 1.165) is 29.7 Å². The van der Waals surface area contributed by atoms with Crippen LogP contribution in [0.4, 0.5) is 5.69 Å². The number of esters is 1. The number of aryl methyl sites for hydroxylation is 1. The van der Waals surface area contributed by atoms with Crippen LogP contribution in [-0.4, -0.2) is 28.5 Å². The van der Waals surface area contributed by atoms with Crippen LogP contribution in [0.25, 0.3) is 10.2 Å². The Morgan fingerprint density at radius 2 is 2.07 bits per heavy atom. The number of methoxy groups -OCH3 is 1. The summed E-state index contributed by atoms with van der Waals surface area (Å²) >= 11 is 1.59. The summed E-state index contributed by atoms with van der Waals surface area (Å²) in [6, 6.07) is 6.37. The molecule has 0 unspecified atom stereocenters. The highest BCUT2D eigenvalue weighted by atomic mass is 32.1. The maximum Gasteiger partial charge on any atom is 0.337 e. The van der Waals surface area contributed by atoms with E-state index >= 15 is 0 Å². The molecule has 29 heavy (non-hydrogen) atoms. The molecule has 2 heterocycles. The summed E-state index contributed by atoms with van der Waals surface area (Å²) in [6.07, 6.45) is 4.37. The number of aromatic nitrogens is 2. The van der Waals surface area contributed by atoms with Crippen molar-refractivity contribution in [2.75, 3.05) is 12.4 Å². The maximum atomic E-state index is 13.0. The molecule has 1 aromatic carbocycles. The molecule has 1 atom stereocenters. The zero-order valence-corrected chi connectivity index (χ0v) is 17.0. The maximum absolute atomic E-state index is 13.0. The standard InChI is InChI=1S/C21H21N3O4S/c1-12-3-8-15-16(9-12)29-19-18(15)20(26)24(11-22-19)10-17(25)23-14-6-4-13(5-7-14)21(27)28-2/h4-7,11-12H,3,8-10H2,1-2H3,(H,23,25)/t12-/m0/s1. The van der Waals surface area contributed by atoms with Gasteiger partial charge < -0.3 is 10.1 Å². The fourth-order valence-electron chi connectivity index (χ4n) is 3.64. The van der Waals surface area contributed by atoms with Gasteiger partial charge in [-0.05, 0) is 55.0 Å². The quantitative estimate of drug-likeness (QED) is 0.667. The number of rotatable bonds is 4. The number of nitrogens with one attached hydrogen (secondary N) is 1. The Morgan fingerprint density at radius 1 is 1.31 bits per heavy atom. The molecule has 0 aliphatic heterocycles. The van der Waals surface area contributed by atoms with Gasteiger partial charge in [0.25, 0.3) is 5.56 Å². The first-order chi connectivity index (χ1) is 14.0. The van der Waals surface area contributed by atoms with Gasteiger partial charge in [-0.1, -0.05) is 6.92 Å². The van der Waals surface area contributed by atoms with Gasteiger partial charge in [0.05, 0.1) is 24.4 Å². The highest BCUT2D eigenvalue weighted by Gasteiger charge is 2.23. The summed E-state index contributed by atoms with van der Waals surface area (Å²) in [4.78, 5) is 43.3. The minimum atomic E-state index is -0.442. The topological polar surface area (TPSA) is 90.3 Å². The molecule has 0 bridgehead atoms. The van der Waals surface area contributed by atoms with E-state index in [4.69, 9.17) is 0 Å². The van der Waals surface area contributed by atoms with E-state index in [2.05, 4.69) is 22.0 Å². The highest BCUT2D eigenvalue weighted by Crippen LogP contribution is 2.35. The van der Waals surface area contributed by atoms with Crippen LogP contribution in [-0.2, 0) is 28.9 Å². The number of carbonyl (C=O) groups is 2. The summed E-state index contributed by atoms with van der Waals surface area (Å²) in [5.41, 5.74) is 1.87. The molecule has 1 amide bonds. The molecule has 0 saturated heterocycles. The minimum Gasteiger partial charge on any atom is -0.465 e. The predicted molar refractivity (Wildman–Crippen MR) is 111 cm³/mol. The van der Waals surface area contributed by atoms with Crippen molar-refractivity contribution in [3.63, 3.8) is 0 Å². The van der Waals surface area contributed by atoms with Crippen LogP contribution in [0, 0.1) is 5.92 Å². The lowest BCUT2D eigenvalue weighted by Crippen LogP contribution is -2.28. The average Bonchev–Trinajstić information content (AvgIpc) is 3.08. The van der Waals surface area contributed by atoms with Gasteiger partial charge in [0.1, 0.15) is 11.4 Å². The monoisotopic (exact) mass is 411 g/mol. The zero-order chi connectivity index (χ0) is 20.5. The molecule has 1 aliphatic carbocycles. The minimum absolute atomic E-state index is 0.123. The van der Waals surface area contributed by atoms with Crippen molar-refractivity contribution < 1.29 is 14.3 Å². The van der Waals surface area contributed by atoms with Crippen molar-refractivity contribution in [3.8, 4) is 0 Å². The number of fused-ring (bicyclic) bond motifs is 3. The molecule has 0 saturated carbocycles. The van der Waals surface area contributed by atoms with Crippen LogP contribution >= 0.6 is 11.3 Å². The van der Waals surface area contributed by atoms with Crippen LogP contribution < -0.4 is 10.9 Å². The van der Waals surface area contributed by atoms with Crippen LogP contribution in [0.5, 0.6) is 0 Å². The number of carbonyl (C=O) groups excluding carboxylic acids is 2. The lowest BCUT2D eigenvalue weighted by molar-refractivity contribution is -0.116. The lowest BCUT2D eigenvalue weighted by atomic mass is 9.89. The van der Waals surface area contributed by atoms with E-state index in [9.17, 15) is 14.4 Å². The first-order valence-corrected chi connectivity index (χ1v) is 10.3. The third kappa shape index (κ3) is 3.80. The molecule has 4 rings (SSSR count). The smallest absolute Gasteiger partial charge is 0.337 e. The van der Waals surface area contributed by atoms with Crippen LogP contribution in [0.2, 0.25) is 0 Å². The number of ether oxygens (including phenoxy) is 1. The van der Waals surface area contributed by atoms with Crippen molar-refractivity contribution in [1.29, 1.82) is 0 Å². The van der Waals surface area contributed by atoms with Crippen molar-refractivity contribution >= 4 is 39.1 Å². The fraction of sp³-hybridized carbons (Fsp3) is 0.333. The Balaban J connectivity index is 1.53. The number of nitrogens with zero attached hydrogens (tertiary/aromatic N) is 2. The number of hydrogen-bond donors (Lipinski definition) is 1. The molecule has 3 aromatic rings. The molecule has 0 fully saturated rings. The Bertz CT molecular complexity index is 1150. The predicted octanol–water partition coefficient (Wildman–Crippen LogP) is 3.01. The van der Waals surface area contributed by atoms with Gasteiger partial charge >= 0.3 is 5.97 Å². The second-order valence-corrected chi connectivity index (χ2v) is 8.41. The van der Waals surface area contributed by atoms with Gasteiger partial charge in [0, 0.05) is 10.6 Å². The summed E-state index contributed by atoms with van der Waals surface area (Å²) in [6.45, 7) is 2.10. The largest absolute Gasteiger partial charge is 0.465 e. The molecule has 1 N–H and O–H groups in total. The number of anilines is 1. The summed E-state index contributed by atoms with van der Waals surface area (Å²) in [5, 5.41) is 3.40. The average molecular weight is 411 g/mol. The van der Waals surface area contributed by atoms with E-state index < -0.39 is 5.97 Å². The number of benzene rings is 1. The van der Waals surface area contributed by atoms with E-state index in [-0.39, 0.29) is 18.0 Å². The summed E-state index contributed by atoms with van der Waals surface area (Å²) in [5.74, 6) is -0.159. The SMILES string of the molecule is COC(=O)c1ccc(NC(=O)Cn2cnc3sc4c(c3c2=O)CC[C@H](C)C4)cc1. The van der Waals surface area contributed by atoms with Crippen LogP contribution in [0.1, 0.15) is 34.1 Å². The van der Waals surface area contributed by atoms with Gasteiger partial charge in [-0.3, -0.25) is 14.2 Å². The van der Waals surface area contributed by atoms with Crippen LogP contribution in [0.3, 0.4) is 0 Å². The van der Waals surface area contributed by atoms with Gasteiger partial charge in [0.15, 0.2) is 0 Å². The van der Waals surface area contributed by atoms with Gasteiger partial charge in [-0.15, -0.1) is 11.3 Å². The number of amides is 1. The first kappa shape index (κ1) is 19.3. The van der Waals surface area contributed by atoms with E-state index in [1.54, 1.807) is 35.6 Å². The Kier molecular flexibility index (Phi) is 5.19. The molecular formula is C21H21N3O4S. The number of hydrogen-bond acceptors (Lipinski definition) is 6. The Morgan fingerprint density at radius 3 is 2.79 bits per heavy atom. The van der Waals surface area contributed by atoms with E-state index in [0.29, 0.717) is 22.6 Å². The molecule has 7 nitrogen and oxygen atoms in total. The molecule has 1 aliphatic rings. The third-order valence-electron chi connectivity index (χ3n) is 5.19. The summed E-state index contributed by atoms with van der Waals surface area (Å²) < 4.78 is 6.01. The zero-order valence-electron chi connectivity index (χ0n) is 16.2. The molecule has 8 heteroatoms. The Labute approximate surface area is 171 Å². The van der Waals surface area contributed by atoms with Crippen molar-refractivity contribution in [3.05, 3.63) is 57.0 Å². The van der Waals surface area contributed by atoms with E-state index in [1.807, 2.05) is 0 Å². The second-order valence-electron chi connectivity index (χ2n) is 7.33. The molecular weight excluding hydrogens is 390 g/mol. The van der Waals surface area contributed by atoms with E-state index in [1.165, 1.54) is 22.9 Å². The fourth-order valence-corrected chi connectivity index (χ4v) is 4.98.